The number of aliphatic hydroxyl groups is 1. The van der Waals surface area contributed by atoms with Gasteiger partial charge in [0, 0.05) is 6.42 Å². The molecule has 1 saturated carbocycles. The van der Waals surface area contributed by atoms with Crippen molar-refractivity contribution in [2.45, 2.75) is 72.4 Å². The largest absolute Gasteiger partial charge is 0.393 e. The monoisotopic (exact) mass is 260 g/mol. The van der Waals surface area contributed by atoms with Gasteiger partial charge in [-0.15, -0.1) is 0 Å². The van der Waals surface area contributed by atoms with Gasteiger partial charge >= 0.3 is 0 Å². The Hall–Kier alpha value is -0.610. The van der Waals surface area contributed by atoms with E-state index in [0.717, 1.165) is 12.8 Å². The van der Waals surface area contributed by atoms with Crippen LogP contribution in [-0.4, -0.2) is 23.8 Å². The van der Waals surface area contributed by atoms with Gasteiger partial charge in [0.15, 0.2) is 0 Å². The summed E-state index contributed by atoms with van der Waals surface area (Å²) in [6, 6.07) is 0. The molecule has 1 aliphatic carbocycles. The fourth-order valence-corrected chi connectivity index (χ4v) is 1.96. The Morgan fingerprint density at radius 3 is 2.17 bits per heavy atom. The van der Waals surface area contributed by atoms with Crippen LogP contribution in [0.2, 0.25) is 0 Å². The lowest BCUT2D eigenvalue weighted by molar-refractivity contribution is -0.123. The zero-order chi connectivity index (χ0) is 14.4. The van der Waals surface area contributed by atoms with Crippen molar-refractivity contribution in [2.24, 2.45) is 11.7 Å². The van der Waals surface area contributed by atoms with Crippen molar-refractivity contribution in [3.8, 4) is 0 Å². The van der Waals surface area contributed by atoms with E-state index in [4.69, 9.17) is 10.8 Å². The first-order valence-electron chi connectivity index (χ1n) is 7.38. The first-order chi connectivity index (χ1) is 8.72. The van der Waals surface area contributed by atoms with Gasteiger partial charge in [-0.1, -0.05) is 47.0 Å². The number of nitrogens with two attached hydrogens (primary N) is 1. The molecule has 1 fully saturated rings. The smallest absolute Gasteiger partial charge is 0.221 e. The Bertz CT molecular complexity index is 181. The molecular weight excluding hydrogens is 228 g/mol. The molecule has 1 amide bonds. The topological polar surface area (TPSA) is 75.3 Å². The second-order valence-electron chi connectivity index (χ2n) is 4.06. The van der Waals surface area contributed by atoms with Gasteiger partial charge < -0.3 is 16.2 Å². The zero-order valence-electron chi connectivity index (χ0n) is 12.5. The number of rotatable bonds is 4. The maximum atomic E-state index is 11.4. The summed E-state index contributed by atoms with van der Waals surface area (Å²) in [5.74, 6) is 0.494. The Kier molecular flexibility index (Phi) is 15.8. The molecule has 1 aliphatic rings. The molecule has 0 radical (unpaired) electrons. The van der Waals surface area contributed by atoms with E-state index in [1.54, 1.807) is 0 Å². The standard InChI is InChI=1S/C10H20N2O2.2C2H6/c11-9(7-13)12-10(14)6-8-4-2-1-3-5-8;2*1-2/h8-9,13H,1-7,11H2,(H,12,14);2*1-2H3. The van der Waals surface area contributed by atoms with E-state index >= 15 is 0 Å². The van der Waals surface area contributed by atoms with Crippen LogP contribution in [-0.2, 0) is 4.79 Å². The van der Waals surface area contributed by atoms with E-state index in [-0.39, 0.29) is 12.5 Å². The molecule has 0 aromatic carbocycles. The second kappa shape index (κ2) is 14.5. The number of nitrogens with one attached hydrogen (secondary N) is 1. The minimum atomic E-state index is -0.605. The van der Waals surface area contributed by atoms with Gasteiger partial charge in [-0.3, -0.25) is 4.79 Å². The summed E-state index contributed by atoms with van der Waals surface area (Å²) < 4.78 is 0. The molecule has 1 atom stereocenters. The third-order valence-corrected chi connectivity index (χ3v) is 2.74. The lowest BCUT2D eigenvalue weighted by Gasteiger charge is -2.21. The van der Waals surface area contributed by atoms with Crippen molar-refractivity contribution >= 4 is 5.91 Å². The minimum Gasteiger partial charge on any atom is -0.393 e. The predicted octanol–water partition coefficient (Wildman–Crippen LogP) is 2.40. The summed E-state index contributed by atoms with van der Waals surface area (Å²) in [5, 5.41) is 11.2. The summed E-state index contributed by atoms with van der Waals surface area (Å²) in [5.41, 5.74) is 5.40. The van der Waals surface area contributed by atoms with Crippen LogP contribution < -0.4 is 11.1 Å². The SMILES string of the molecule is CC.CC.NC(CO)NC(=O)CC1CCCCC1. The van der Waals surface area contributed by atoms with E-state index in [1.165, 1.54) is 19.3 Å². The molecule has 4 heteroatoms. The van der Waals surface area contributed by atoms with Crippen LogP contribution in [0.25, 0.3) is 0 Å². The average Bonchev–Trinajstić information content (AvgIpc) is 2.44. The molecule has 4 N–H and O–H groups in total. The van der Waals surface area contributed by atoms with Gasteiger partial charge in [0.25, 0.3) is 0 Å². The maximum Gasteiger partial charge on any atom is 0.221 e. The molecule has 1 unspecified atom stereocenters. The van der Waals surface area contributed by atoms with Gasteiger partial charge in [-0.05, 0) is 18.8 Å². The molecule has 0 bridgehead atoms. The fraction of sp³-hybridized carbons (Fsp3) is 0.929. The van der Waals surface area contributed by atoms with Crippen molar-refractivity contribution in [3.63, 3.8) is 0 Å². The van der Waals surface area contributed by atoms with E-state index in [1.807, 2.05) is 27.7 Å². The lowest BCUT2D eigenvalue weighted by atomic mass is 9.87. The van der Waals surface area contributed by atoms with Crippen LogP contribution in [0.15, 0.2) is 0 Å². The number of carbonyl (C=O) groups excluding carboxylic acids is 1. The summed E-state index contributed by atoms with van der Waals surface area (Å²) >= 11 is 0. The summed E-state index contributed by atoms with van der Waals surface area (Å²) in [4.78, 5) is 11.4. The van der Waals surface area contributed by atoms with E-state index < -0.39 is 6.17 Å². The Labute approximate surface area is 112 Å². The van der Waals surface area contributed by atoms with Crippen LogP contribution >= 0.6 is 0 Å². The highest BCUT2D eigenvalue weighted by Crippen LogP contribution is 2.25. The maximum absolute atomic E-state index is 11.4. The molecule has 110 valence electrons. The summed E-state index contributed by atoms with van der Waals surface area (Å²) in [7, 11) is 0. The van der Waals surface area contributed by atoms with Crippen molar-refractivity contribution in [1.29, 1.82) is 0 Å². The first-order valence-corrected chi connectivity index (χ1v) is 7.38. The van der Waals surface area contributed by atoms with Crippen LogP contribution in [0.5, 0.6) is 0 Å². The third kappa shape index (κ3) is 10.5. The molecule has 1 rings (SSSR count). The molecule has 4 nitrogen and oxygen atoms in total. The van der Waals surface area contributed by atoms with Gasteiger partial charge in [0.2, 0.25) is 5.91 Å². The second-order valence-corrected chi connectivity index (χ2v) is 4.06. The van der Waals surface area contributed by atoms with E-state index in [2.05, 4.69) is 5.32 Å². The van der Waals surface area contributed by atoms with Gasteiger partial charge in [0.1, 0.15) is 6.17 Å². The van der Waals surface area contributed by atoms with E-state index in [0.29, 0.717) is 12.3 Å². The zero-order valence-corrected chi connectivity index (χ0v) is 12.5. The fourth-order valence-electron chi connectivity index (χ4n) is 1.96. The summed E-state index contributed by atoms with van der Waals surface area (Å²) in [6.07, 6.45) is 6.05. The van der Waals surface area contributed by atoms with Crippen LogP contribution in [0.4, 0.5) is 0 Å². The Morgan fingerprint density at radius 2 is 1.72 bits per heavy atom. The van der Waals surface area contributed by atoms with Crippen molar-refractivity contribution in [1.82, 2.24) is 5.32 Å². The van der Waals surface area contributed by atoms with Crippen molar-refractivity contribution < 1.29 is 9.90 Å². The minimum absolute atomic E-state index is 0.0292. The Balaban J connectivity index is 0. The van der Waals surface area contributed by atoms with Gasteiger partial charge in [-0.2, -0.15) is 0 Å². The van der Waals surface area contributed by atoms with Gasteiger partial charge in [0.05, 0.1) is 6.61 Å². The normalized spacial score (nSPS) is 16.6. The third-order valence-electron chi connectivity index (χ3n) is 2.74. The number of amides is 1. The highest BCUT2D eigenvalue weighted by Gasteiger charge is 2.17. The molecular formula is C14H32N2O2. The molecule has 0 aliphatic heterocycles. The van der Waals surface area contributed by atoms with E-state index in [9.17, 15) is 4.79 Å². The first kappa shape index (κ1) is 19.7. The highest BCUT2D eigenvalue weighted by molar-refractivity contribution is 5.76. The Morgan fingerprint density at radius 1 is 1.22 bits per heavy atom. The molecule has 0 saturated heterocycles. The van der Waals surface area contributed by atoms with Crippen molar-refractivity contribution in [2.75, 3.05) is 6.61 Å². The van der Waals surface area contributed by atoms with Crippen LogP contribution in [0.3, 0.4) is 0 Å². The van der Waals surface area contributed by atoms with Gasteiger partial charge in [-0.25, -0.2) is 0 Å². The van der Waals surface area contributed by atoms with Crippen molar-refractivity contribution in [3.05, 3.63) is 0 Å². The molecule has 0 aromatic rings. The quantitative estimate of drug-likeness (QED) is 0.679. The molecule has 0 aromatic heterocycles. The number of aliphatic hydroxyl groups excluding tert-OH is 1. The molecule has 0 heterocycles. The molecule has 0 spiro atoms. The number of carbonyl (C=O) groups is 1. The predicted molar refractivity (Wildman–Crippen MR) is 77.1 cm³/mol. The average molecular weight is 260 g/mol. The van der Waals surface area contributed by atoms with Crippen LogP contribution in [0.1, 0.15) is 66.2 Å². The lowest BCUT2D eigenvalue weighted by Crippen LogP contribution is -2.44. The van der Waals surface area contributed by atoms with Crippen LogP contribution in [0, 0.1) is 5.92 Å². The highest BCUT2D eigenvalue weighted by atomic mass is 16.3. The molecule has 18 heavy (non-hydrogen) atoms. The number of hydrogen-bond acceptors (Lipinski definition) is 3. The number of hydrogen-bond donors (Lipinski definition) is 3. The summed E-state index contributed by atoms with van der Waals surface area (Å²) in [6.45, 7) is 7.80.